The number of rotatable bonds is 9. The van der Waals surface area contributed by atoms with Gasteiger partial charge in [-0.3, -0.25) is 9.59 Å². The van der Waals surface area contributed by atoms with E-state index in [4.69, 9.17) is 28.8 Å². The van der Waals surface area contributed by atoms with E-state index in [1.165, 1.54) is 7.11 Å². The van der Waals surface area contributed by atoms with Gasteiger partial charge in [0.1, 0.15) is 18.8 Å². The molecule has 9 heteroatoms. The third kappa shape index (κ3) is 6.17. The number of hydrogen-bond acceptors (Lipinski definition) is 9. The Labute approximate surface area is 152 Å². The summed E-state index contributed by atoms with van der Waals surface area (Å²) in [4.78, 5) is 23.1. The van der Waals surface area contributed by atoms with Crippen molar-refractivity contribution < 1.29 is 43.1 Å². The van der Waals surface area contributed by atoms with Gasteiger partial charge < -0.3 is 33.5 Å². The summed E-state index contributed by atoms with van der Waals surface area (Å²) in [5, 5.41) is 9.06. The van der Waals surface area contributed by atoms with E-state index in [0.29, 0.717) is 19.4 Å². The maximum Gasteiger partial charge on any atom is 0.306 e. The molecule has 0 radical (unpaired) electrons. The quantitative estimate of drug-likeness (QED) is 0.576. The van der Waals surface area contributed by atoms with E-state index in [9.17, 15) is 9.59 Å². The standard InChI is InChI=1S/C17H28O9/c1-16(23-10-12(8-18)25-16)7-5-15(20)22-9-13-11-24-17(2,26-13)6-4-14(19)21-3/h12-13,18H,4-11H2,1-3H3. The summed E-state index contributed by atoms with van der Waals surface area (Å²) < 4.78 is 32.2. The van der Waals surface area contributed by atoms with Crippen molar-refractivity contribution in [3.8, 4) is 0 Å². The van der Waals surface area contributed by atoms with Crippen LogP contribution in [0.25, 0.3) is 0 Å². The lowest BCUT2D eigenvalue weighted by Gasteiger charge is -2.23. The van der Waals surface area contributed by atoms with Gasteiger partial charge in [0, 0.05) is 12.8 Å². The number of esters is 2. The number of methoxy groups -OCH3 is 1. The van der Waals surface area contributed by atoms with Crippen LogP contribution in [-0.4, -0.2) is 74.4 Å². The maximum atomic E-state index is 11.9. The summed E-state index contributed by atoms with van der Waals surface area (Å²) in [6.07, 6.45) is 0.275. The SMILES string of the molecule is COC(=O)CCC1(C)OCC(COC(=O)CCC2(C)OCC(CO)O2)O1. The molecule has 4 unspecified atom stereocenters. The number of aliphatic hydroxyl groups excluding tert-OH is 1. The molecule has 9 nitrogen and oxygen atoms in total. The zero-order chi connectivity index (χ0) is 19.2. The number of ether oxygens (including phenoxy) is 6. The minimum absolute atomic E-state index is 0.0738. The first-order chi connectivity index (χ1) is 12.3. The van der Waals surface area contributed by atoms with Gasteiger partial charge in [0.15, 0.2) is 11.6 Å². The van der Waals surface area contributed by atoms with Crippen molar-refractivity contribution in [2.24, 2.45) is 0 Å². The molecule has 150 valence electrons. The molecule has 1 N–H and O–H groups in total. The Morgan fingerprint density at radius 2 is 1.54 bits per heavy atom. The number of carbonyl (C=O) groups is 2. The van der Waals surface area contributed by atoms with Crippen molar-refractivity contribution >= 4 is 11.9 Å². The summed E-state index contributed by atoms with van der Waals surface area (Å²) in [5.74, 6) is -2.49. The van der Waals surface area contributed by atoms with Gasteiger partial charge in [-0.25, -0.2) is 0 Å². The number of carbonyl (C=O) groups excluding carboxylic acids is 2. The second-order valence-corrected chi connectivity index (χ2v) is 6.81. The van der Waals surface area contributed by atoms with Crippen molar-refractivity contribution in [3.05, 3.63) is 0 Å². The normalized spacial score (nSPS) is 34.0. The van der Waals surface area contributed by atoms with Gasteiger partial charge >= 0.3 is 11.9 Å². The fourth-order valence-electron chi connectivity index (χ4n) is 2.83. The van der Waals surface area contributed by atoms with Gasteiger partial charge in [0.25, 0.3) is 0 Å². The summed E-state index contributed by atoms with van der Waals surface area (Å²) >= 11 is 0. The fraction of sp³-hybridized carbons (Fsp3) is 0.882. The highest BCUT2D eigenvalue weighted by Gasteiger charge is 2.39. The van der Waals surface area contributed by atoms with Crippen LogP contribution in [0.2, 0.25) is 0 Å². The molecule has 0 spiro atoms. The molecule has 26 heavy (non-hydrogen) atoms. The molecule has 2 fully saturated rings. The largest absolute Gasteiger partial charge is 0.469 e. The number of hydrogen-bond donors (Lipinski definition) is 1. The van der Waals surface area contributed by atoms with E-state index in [2.05, 4.69) is 4.74 Å². The Balaban J connectivity index is 1.64. The minimum Gasteiger partial charge on any atom is -0.469 e. The van der Waals surface area contributed by atoms with Crippen LogP contribution in [-0.2, 0) is 38.0 Å². The predicted molar refractivity (Wildman–Crippen MR) is 87.0 cm³/mol. The molecular formula is C17H28O9. The maximum absolute atomic E-state index is 11.9. The molecule has 0 aromatic rings. The molecule has 2 heterocycles. The summed E-state index contributed by atoms with van der Waals surface area (Å²) in [6, 6.07) is 0. The second-order valence-electron chi connectivity index (χ2n) is 6.81. The Morgan fingerprint density at radius 3 is 2.08 bits per heavy atom. The van der Waals surface area contributed by atoms with Crippen molar-refractivity contribution in [2.75, 3.05) is 33.5 Å². The monoisotopic (exact) mass is 376 g/mol. The molecule has 2 rings (SSSR count). The highest BCUT2D eigenvalue weighted by molar-refractivity contribution is 5.69. The van der Waals surface area contributed by atoms with E-state index < -0.39 is 17.5 Å². The van der Waals surface area contributed by atoms with Gasteiger partial charge in [-0.2, -0.15) is 0 Å². The number of aliphatic hydroxyl groups is 1. The van der Waals surface area contributed by atoms with E-state index in [-0.39, 0.29) is 50.8 Å². The average Bonchev–Trinajstić information content (AvgIpc) is 3.20. The van der Waals surface area contributed by atoms with Gasteiger partial charge in [-0.15, -0.1) is 0 Å². The van der Waals surface area contributed by atoms with Crippen LogP contribution in [0.4, 0.5) is 0 Å². The molecule has 0 saturated carbocycles. The molecule has 0 aliphatic carbocycles. The fourth-order valence-corrected chi connectivity index (χ4v) is 2.83. The highest BCUT2D eigenvalue weighted by atomic mass is 16.8. The summed E-state index contributed by atoms with van der Waals surface area (Å²) in [7, 11) is 1.33. The zero-order valence-corrected chi connectivity index (χ0v) is 15.5. The van der Waals surface area contributed by atoms with Crippen LogP contribution < -0.4 is 0 Å². The van der Waals surface area contributed by atoms with Crippen molar-refractivity contribution in [2.45, 2.75) is 63.3 Å². The van der Waals surface area contributed by atoms with Gasteiger partial charge in [-0.05, 0) is 13.8 Å². The molecular weight excluding hydrogens is 348 g/mol. The minimum atomic E-state index is -0.885. The molecule has 2 aliphatic heterocycles. The van der Waals surface area contributed by atoms with Crippen molar-refractivity contribution in [1.82, 2.24) is 0 Å². The Morgan fingerprint density at radius 1 is 1.00 bits per heavy atom. The highest BCUT2D eigenvalue weighted by Crippen LogP contribution is 2.29. The topological polar surface area (TPSA) is 110 Å². The second kappa shape index (κ2) is 9.09. The first kappa shape index (κ1) is 21.0. The van der Waals surface area contributed by atoms with E-state index in [0.717, 1.165) is 0 Å². The predicted octanol–water partition coefficient (Wildman–Crippen LogP) is 0.519. The van der Waals surface area contributed by atoms with Crippen LogP contribution in [0, 0.1) is 0 Å². The summed E-state index contributed by atoms with van der Waals surface area (Å²) in [5.41, 5.74) is 0. The molecule has 4 atom stereocenters. The average molecular weight is 376 g/mol. The lowest BCUT2D eigenvalue weighted by atomic mass is 10.1. The lowest BCUT2D eigenvalue weighted by molar-refractivity contribution is -0.178. The van der Waals surface area contributed by atoms with Gasteiger partial charge in [-0.1, -0.05) is 0 Å². The molecule has 0 aromatic heterocycles. The van der Waals surface area contributed by atoms with Gasteiger partial charge in [0.2, 0.25) is 0 Å². The smallest absolute Gasteiger partial charge is 0.306 e. The summed E-state index contributed by atoms with van der Waals surface area (Å²) in [6.45, 7) is 4.02. The van der Waals surface area contributed by atoms with Crippen LogP contribution >= 0.6 is 0 Å². The first-order valence-corrected chi connectivity index (χ1v) is 8.74. The molecule has 2 aliphatic rings. The third-order valence-corrected chi connectivity index (χ3v) is 4.41. The Kier molecular flexibility index (Phi) is 7.36. The van der Waals surface area contributed by atoms with Crippen molar-refractivity contribution in [3.63, 3.8) is 0 Å². The molecule has 0 aromatic carbocycles. The zero-order valence-electron chi connectivity index (χ0n) is 15.5. The van der Waals surface area contributed by atoms with Crippen molar-refractivity contribution in [1.29, 1.82) is 0 Å². The Bertz CT molecular complexity index is 497. The molecule has 0 bridgehead atoms. The van der Waals surface area contributed by atoms with E-state index in [1.807, 2.05) is 0 Å². The van der Waals surface area contributed by atoms with E-state index >= 15 is 0 Å². The van der Waals surface area contributed by atoms with Crippen LogP contribution in [0.15, 0.2) is 0 Å². The van der Waals surface area contributed by atoms with Gasteiger partial charge in [0.05, 0.1) is 39.8 Å². The first-order valence-electron chi connectivity index (χ1n) is 8.74. The van der Waals surface area contributed by atoms with Crippen LogP contribution in [0.3, 0.4) is 0 Å². The molecule has 2 saturated heterocycles. The van der Waals surface area contributed by atoms with Crippen LogP contribution in [0.1, 0.15) is 39.5 Å². The third-order valence-electron chi connectivity index (χ3n) is 4.41. The van der Waals surface area contributed by atoms with E-state index in [1.54, 1.807) is 13.8 Å². The molecule has 0 amide bonds. The van der Waals surface area contributed by atoms with Crippen LogP contribution in [0.5, 0.6) is 0 Å². The Hall–Kier alpha value is -1.26. The lowest BCUT2D eigenvalue weighted by Crippen LogP contribution is -2.30.